The van der Waals surface area contributed by atoms with Crippen LogP contribution >= 0.6 is 0 Å². The summed E-state index contributed by atoms with van der Waals surface area (Å²) >= 11 is 0. The summed E-state index contributed by atoms with van der Waals surface area (Å²) in [5.41, 5.74) is 4.92. The van der Waals surface area contributed by atoms with Crippen molar-refractivity contribution in [2.45, 2.75) is 32.1 Å². The zero-order valence-corrected chi connectivity index (χ0v) is 14.4. The smallest absolute Gasteiger partial charge is 0.251 e. The first kappa shape index (κ1) is 15.9. The third-order valence-corrected chi connectivity index (χ3v) is 5.43. The third kappa shape index (κ3) is 2.82. The van der Waals surface area contributed by atoms with E-state index in [9.17, 15) is 9.18 Å². The van der Waals surface area contributed by atoms with Gasteiger partial charge in [-0.25, -0.2) is 4.39 Å². The highest BCUT2D eigenvalue weighted by Crippen LogP contribution is 2.50. The van der Waals surface area contributed by atoms with E-state index in [1.165, 1.54) is 11.6 Å². The number of rotatable bonds is 4. The maximum absolute atomic E-state index is 13.6. The number of aromatic amines is 1. The number of fused-ring (bicyclic) bond motifs is 1. The molecule has 3 nitrogen and oxygen atoms in total. The highest BCUT2D eigenvalue weighted by Gasteiger charge is 2.45. The number of aryl methyl sites for hydroxylation is 2. The van der Waals surface area contributed by atoms with Crippen molar-refractivity contribution in [3.05, 3.63) is 70.7 Å². The fraction of sp³-hybridized carbons (Fsp3) is 0.286. The number of H-pyrrole nitrogens is 1. The highest BCUT2D eigenvalue weighted by molar-refractivity contribution is 5.94. The molecule has 0 atom stereocenters. The molecule has 0 radical (unpaired) electrons. The van der Waals surface area contributed by atoms with Gasteiger partial charge in [-0.1, -0.05) is 6.07 Å². The normalized spacial score (nSPS) is 15.3. The Bertz CT molecular complexity index is 969. The molecule has 4 heteroatoms. The van der Waals surface area contributed by atoms with E-state index in [2.05, 4.69) is 10.3 Å². The lowest BCUT2D eigenvalue weighted by Gasteiger charge is -2.16. The molecule has 1 aliphatic carbocycles. The van der Waals surface area contributed by atoms with Crippen molar-refractivity contribution < 1.29 is 9.18 Å². The predicted octanol–water partition coefficient (Wildman–Crippen LogP) is 4.39. The minimum Gasteiger partial charge on any atom is -0.361 e. The number of amides is 1. The second-order valence-corrected chi connectivity index (χ2v) is 7.15. The summed E-state index contributed by atoms with van der Waals surface area (Å²) in [4.78, 5) is 15.7. The molecule has 0 unspecified atom stereocenters. The number of carbonyl (C=O) groups is 1. The highest BCUT2D eigenvalue weighted by atomic mass is 19.1. The van der Waals surface area contributed by atoms with Crippen molar-refractivity contribution in [1.82, 2.24) is 10.3 Å². The number of hydrogen-bond acceptors (Lipinski definition) is 1. The molecule has 2 N–H and O–H groups in total. The van der Waals surface area contributed by atoms with Crippen LogP contribution in [0.1, 0.15) is 39.9 Å². The third-order valence-electron chi connectivity index (χ3n) is 5.43. The number of hydrogen-bond donors (Lipinski definition) is 2. The van der Waals surface area contributed by atoms with E-state index < -0.39 is 0 Å². The Kier molecular flexibility index (Phi) is 3.64. The number of benzene rings is 2. The van der Waals surface area contributed by atoms with Crippen LogP contribution in [-0.2, 0) is 5.41 Å². The number of nitrogens with one attached hydrogen (secondary N) is 2. The van der Waals surface area contributed by atoms with Gasteiger partial charge in [-0.3, -0.25) is 4.79 Å². The van der Waals surface area contributed by atoms with Crippen LogP contribution < -0.4 is 5.32 Å². The van der Waals surface area contributed by atoms with Crippen LogP contribution in [0.5, 0.6) is 0 Å². The van der Waals surface area contributed by atoms with E-state index in [0.717, 1.165) is 34.9 Å². The predicted molar refractivity (Wildman–Crippen MR) is 97.4 cm³/mol. The summed E-state index contributed by atoms with van der Waals surface area (Å²) in [7, 11) is 0. The minimum absolute atomic E-state index is 0.0552. The van der Waals surface area contributed by atoms with Gasteiger partial charge in [0, 0.05) is 34.6 Å². The summed E-state index contributed by atoms with van der Waals surface area (Å²) < 4.78 is 13.6. The van der Waals surface area contributed by atoms with E-state index in [4.69, 9.17) is 0 Å². The first-order valence-electron chi connectivity index (χ1n) is 8.61. The molecule has 0 spiro atoms. The standard InChI is InChI=1S/C21H21FN2O/c1-13-3-4-15(9-14(13)2)20(25)24-12-21(7-8-21)18-11-23-19-6-5-16(22)10-17(18)19/h3-6,9-11,23H,7-8,12H2,1-2H3,(H,24,25). The molecular formula is C21H21FN2O. The van der Waals surface area contributed by atoms with Gasteiger partial charge in [0.25, 0.3) is 5.91 Å². The molecule has 1 saturated carbocycles. The van der Waals surface area contributed by atoms with Crippen molar-refractivity contribution >= 4 is 16.8 Å². The summed E-state index contributed by atoms with van der Waals surface area (Å²) in [6.45, 7) is 4.61. The Hall–Kier alpha value is -2.62. The Labute approximate surface area is 146 Å². The van der Waals surface area contributed by atoms with Gasteiger partial charge in [0.15, 0.2) is 0 Å². The van der Waals surface area contributed by atoms with Crippen LogP contribution in [0.3, 0.4) is 0 Å². The van der Waals surface area contributed by atoms with Crippen LogP contribution in [0, 0.1) is 19.7 Å². The monoisotopic (exact) mass is 336 g/mol. The topological polar surface area (TPSA) is 44.9 Å². The lowest BCUT2D eigenvalue weighted by atomic mass is 9.95. The molecule has 0 bridgehead atoms. The SMILES string of the molecule is Cc1ccc(C(=O)NCC2(c3c[nH]c4ccc(F)cc34)CC2)cc1C. The molecule has 0 aliphatic heterocycles. The molecule has 1 amide bonds. The Morgan fingerprint density at radius 2 is 1.96 bits per heavy atom. The van der Waals surface area contributed by atoms with Crippen molar-refractivity contribution in [2.75, 3.05) is 6.54 Å². The molecule has 3 aromatic rings. The van der Waals surface area contributed by atoms with Gasteiger partial charge in [-0.2, -0.15) is 0 Å². The van der Waals surface area contributed by atoms with Crippen LogP contribution in [0.15, 0.2) is 42.6 Å². The Balaban J connectivity index is 1.54. The summed E-state index contributed by atoms with van der Waals surface area (Å²) in [6, 6.07) is 10.6. The molecule has 1 fully saturated rings. The fourth-order valence-electron chi connectivity index (χ4n) is 3.46. The maximum Gasteiger partial charge on any atom is 0.251 e. The molecule has 25 heavy (non-hydrogen) atoms. The molecule has 0 saturated heterocycles. The van der Waals surface area contributed by atoms with Gasteiger partial charge in [-0.05, 0) is 73.7 Å². The van der Waals surface area contributed by atoms with E-state index in [-0.39, 0.29) is 17.1 Å². The first-order valence-corrected chi connectivity index (χ1v) is 8.61. The molecule has 128 valence electrons. The quantitative estimate of drug-likeness (QED) is 0.729. The summed E-state index contributed by atoms with van der Waals surface area (Å²) in [6.07, 6.45) is 3.96. The Morgan fingerprint density at radius 1 is 1.16 bits per heavy atom. The van der Waals surface area contributed by atoms with Crippen LogP contribution in [0.2, 0.25) is 0 Å². The van der Waals surface area contributed by atoms with E-state index >= 15 is 0 Å². The van der Waals surface area contributed by atoms with Crippen LogP contribution in [0.25, 0.3) is 10.9 Å². The second kappa shape index (κ2) is 5.73. The van der Waals surface area contributed by atoms with Gasteiger partial charge < -0.3 is 10.3 Å². The molecule has 1 aromatic heterocycles. The largest absolute Gasteiger partial charge is 0.361 e. The lowest BCUT2D eigenvalue weighted by Crippen LogP contribution is -2.32. The molecule has 2 aromatic carbocycles. The number of carbonyl (C=O) groups excluding carboxylic acids is 1. The molecular weight excluding hydrogens is 315 g/mol. The first-order chi connectivity index (χ1) is 12.0. The lowest BCUT2D eigenvalue weighted by molar-refractivity contribution is 0.0949. The minimum atomic E-state index is -0.233. The zero-order chi connectivity index (χ0) is 17.6. The van der Waals surface area contributed by atoms with Crippen molar-refractivity contribution in [3.8, 4) is 0 Å². The second-order valence-electron chi connectivity index (χ2n) is 7.15. The molecule has 1 heterocycles. The van der Waals surface area contributed by atoms with Gasteiger partial charge in [-0.15, -0.1) is 0 Å². The summed E-state index contributed by atoms with van der Waals surface area (Å²) in [5.74, 6) is -0.288. The Morgan fingerprint density at radius 3 is 2.68 bits per heavy atom. The molecule has 1 aliphatic rings. The van der Waals surface area contributed by atoms with Crippen LogP contribution in [-0.4, -0.2) is 17.4 Å². The zero-order valence-electron chi connectivity index (χ0n) is 14.4. The maximum atomic E-state index is 13.6. The van der Waals surface area contributed by atoms with Gasteiger partial charge in [0.2, 0.25) is 0 Å². The van der Waals surface area contributed by atoms with Gasteiger partial charge in [0.05, 0.1) is 0 Å². The number of aromatic nitrogens is 1. The molecule has 4 rings (SSSR count). The fourth-order valence-corrected chi connectivity index (χ4v) is 3.46. The van der Waals surface area contributed by atoms with Gasteiger partial charge in [0.1, 0.15) is 5.82 Å². The van der Waals surface area contributed by atoms with Crippen LogP contribution in [0.4, 0.5) is 4.39 Å². The van der Waals surface area contributed by atoms with E-state index in [1.54, 1.807) is 12.1 Å². The average molecular weight is 336 g/mol. The van der Waals surface area contributed by atoms with Gasteiger partial charge >= 0.3 is 0 Å². The average Bonchev–Trinajstić information content (AvgIpc) is 3.27. The van der Waals surface area contributed by atoms with E-state index in [0.29, 0.717) is 12.1 Å². The van der Waals surface area contributed by atoms with Crippen molar-refractivity contribution in [2.24, 2.45) is 0 Å². The van der Waals surface area contributed by atoms with Crippen molar-refractivity contribution in [1.29, 1.82) is 0 Å². The summed E-state index contributed by atoms with van der Waals surface area (Å²) in [5, 5.41) is 3.98. The van der Waals surface area contributed by atoms with E-state index in [1.807, 2.05) is 38.2 Å². The van der Waals surface area contributed by atoms with Crippen molar-refractivity contribution in [3.63, 3.8) is 0 Å². The number of halogens is 1.